The van der Waals surface area contributed by atoms with Crippen molar-refractivity contribution in [1.29, 1.82) is 0 Å². The predicted molar refractivity (Wildman–Crippen MR) is 45.1 cm³/mol. The van der Waals surface area contributed by atoms with E-state index in [9.17, 15) is 13.2 Å². The highest BCUT2D eigenvalue weighted by molar-refractivity contribution is 5.25. The third-order valence-corrected chi connectivity index (χ3v) is 2.14. The highest BCUT2D eigenvalue weighted by Gasteiger charge is 2.33. The Bertz CT molecular complexity index is 240. The first-order chi connectivity index (χ1) is 5.91. The topological polar surface area (TPSA) is 3.24 Å². The summed E-state index contributed by atoms with van der Waals surface area (Å²) in [5.41, 5.74) is -0.584. The predicted octanol–water partition coefficient (Wildman–Crippen LogP) is 2.71. The van der Waals surface area contributed by atoms with E-state index in [1.807, 2.05) is 6.92 Å². The van der Waals surface area contributed by atoms with Gasteiger partial charge in [0.2, 0.25) is 0 Å². The van der Waals surface area contributed by atoms with Crippen molar-refractivity contribution in [2.75, 3.05) is 7.05 Å². The van der Waals surface area contributed by atoms with Gasteiger partial charge in [-0.2, -0.15) is 13.2 Å². The van der Waals surface area contributed by atoms with Gasteiger partial charge in [-0.05, 0) is 13.3 Å². The van der Waals surface area contributed by atoms with Crippen molar-refractivity contribution in [2.45, 2.75) is 25.6 Å². The van der Waals surface area contributed by atoms with E-state index in [2.05, 4.69) is 0 Å². The molecule has 1 atom stereocenters. The van der Waals surface area contributed by atoms with Crippen molar-refractivity contribution in [2.24, 2.45) is 0 Å². The number of alkyl halides is 3. The van der Waals surface area contributed by atoms with E-state index in [-0.39, 0.29) is 6.04 Å². The maximum absolute atomic E-state index is 12.3. The van der Waals surface area contributed by atoms with Crippen molar-refractivity contribution in [3.05, 3.63) is 23.9 Å². The summed E-state index contributed by atoms with van der Waals surface area (Å²) in [5.74, 6) is 0. The summed E-state index contributed by atoms with van der Waals surface area (Å²) < 4.78 is 36.8. The van der Waals surface area contributed by atoms with Gasteiger partial charge in [0.25, 0.3) is 0 Å². The molecule has 0 spiro atoms. The van der Waals surface area contributed by atoms with Crippen LogP contribution in [0.1, 0.15) is 13.3 Å². The molecule has 0 saturated carbocycles. The fraction of sp³-hybridized carbons (Fsp3) is 0.556. The Morgan fingerprint density at radius 3 is 2.62 bits per heavy atom. The maximum atomic E-state index is 12.3. The molecule has 0 radical (unpaired) electrons. The Labute approximate surface area is 75.5 Å². The van der Waals surface area contributed by atoms with E-state index in [0.29, 0.717) is 6.42 Å². The van der Waals surface area contributed by atoms with Crippen molar-refractivity contribution in [3.8, 4) is 0 Å². The van der Waals surface area contributed by atoms with Crippen LogP contribution in [0.4, 0.5) is 13.2 Å². The van der Waals surface area contributed by atoms with Crippen LogP contribution in [-0.4, -0.2) is 24.2 Å². The van der Waals surface area contributed by atoms with Gasteiger partial charge in [0.05, 0.1) is 5.57 Å². The summed E-state index contributed by atoms with van der Waals surface area (Å²) in [5, 5.41) is 0. The van der Waals surface area contributed by atoms with Gasteiger partial charge in [0, 0.05) is 19.3 Å². The number of hydrogen-bond donors (Lipinski definition) is 0. The van der Waals surface area contributed by atoms with Gasteiger partial charge >= 0.3 is 6.18 Å². The summed E-state index contributed by atoms with van der Waals surface area (Å²) >= 11 is 0. The zero-order valence-corrected chi connectivity index (χ0v) is 7.60. The lowest BCUT2D eigenvalue weighted by Gasteiger charge is -2.21. The second-order valence-electron chi connectivity index (χ2n) is 3.23. The molecule has 0 aromatic heterocycles. The molecular weight excluding hydrogens is 179 g/mol. The largest absolute Gasteiger partial charge is 0.417 e. The van der Waals surface area contributed by atoms with Crippen LogP contribution >= 0.6 is 0 Å². The molecule has 1 unspecified atom stereocenters. The molecule has 0 aliphatic carbocycles. The van der Waals surface area contributed by atoms with Crippen LogP contribution in [0.3, 0.4) is 0 Å². The number of rotatable bonds is 0. The lowest BCUT2D eigenvalue weighted by molar-refractivity contribution is -0.0891. The van der Waals surface area contributed by atoms with E-state index >= 15 is 0 Å². The van der Waals surface area contributed by atoms with Crippen LogP contribution in [0.5, 0.6) is 0 Å². The fourth-order valence-electron chi connectivity index (χ4n) is 1.12. The molecule has 1 aliphatic heterocycles. The molecule has 0 aromatic carbocycles. The molecule has 1 nitrogen and oxygen atoms in total. The minimum absolute atomic E-state index is 0.121. The number of hydrogen-bond acceptors (Lipinski definition) is 1. The normalized spacial score (nSPS) is 24.2. The van der Waals surface area contributed by atoms with Gasteiger partial charge in [-0.25, -0.2) is 0 Å². The van der Waals surface area contributed by atoms with Crippen molar-refractivity contribution in [1.82, 2.24) is 4.90 Å². The number of allylic oxidation sites excluding steroid dienone is 2. The summed E-state index contributed by atoms with van der Waals surface area (Å²) in [7, 11) is 1.66. The van der Waals surface area contributed by atoms with Gasteiger partial charge in [-0.15, -0.1) is 0 Å². The molecule has 1 rings (SSSR count). The van der Waals surface area contributed by atoms with Crippen molar-refractivity contribution < 1.29 is 13.2 Å². The molecule has 0 aromatic rings. The zero-order chi connectivity index (χ0) is 10.1. The lowest BCUT2D eigenvalue weighted by atomic mass is 10.2. The van der Waals surface area contributed by atoms with Crippen molar-refractivity contribution in [3.63, 3.8) is 0 Å². The molecular formula is C9H12F3N. The van der Waals surface area contributed by atoms with Crippen LogP contribution in [0, 0.1) is 0 Å². The molecule has 74 valence electrons. The first-order valence-corrected chi connectivity index (χ1v) is 4.09. The van der Waals surface area contributed by atoms with Crippen LogP contribution in [0.25, 0.3) is 0 Å². The SMILES string of the molecule is CC1CC=CC(C(F)(F)F)=CN1C. The standard InChI is InChI=1S/C9H12F3N/c1-7-4-3-5-8(6-13(7)2)9(10,11)12/h3,5-7H,4H2,1-2H3. The molecule has 0 fully saturated rings. The second kappa shape index (κ2) is 3.44. The highest BCUT2D eigenvalue weighted by atomic mass is 19.4. The summed E-state index contributed by atoms with van der Waals surface area (Å²) in [6.07, 6.45) is 0.253. The van der Waals surface area contributed by atoms with E-state index in [1.165, 1.54) is 0 Å². The van der Waals surface area contributed by atoms with Gasteiger partial charge in [0.1, 0.15) is 0 Å². The van der Waals surface area contributed by atoms with Crippen molar-refractivity contribution >= 4 is 0 Å². The van der Waals surface area contributed by atoms with Gasteiger partial charge < -0.3 is 4.90 Å². The van der Waals surface area contributed by atoms with Gasteiger partial charge in [-0.1, -0.05) is 12.2 Å². The Kier molecular flexibility index (Phi) is 2.68. The van der Waals surface area contributed by atoms with Crippen LogP contribution < -0.4 is 0 Å². The molecule has 1 heterocycles. The molecule has 13 heavy (non-hydrogen) atoms. The average molecular weight is 191 g/mol. The molecule has 0 amide bonds. The Morgan fingerprint density at radius 1 is 1.46 bits per heavy atom. The molecule has 4 heteroatoms. The molecule has 0 saturated heterocycles. The minimum Gasteiger partial charge on any atom is -0.377 e. The summed E-state index contributed by atoms with van der Waals surface area (Å²) in [6.45, 7) is 1.89. The van der Waals surface area contributed by atoms with E-state index < -0.39 is 11.7 Å². The van der Waals surface area contributed by atoms with Crippen LogP contribution in [0.2, 0.25) is 0 Å². The van der Waals surface area contributed by atoms with Crippen LogP contribution in [-0.2, 0) is 0 Å². The summed E-state index contributed by atoms with van der Waals surface area (Å²) in [4.78, 5) is 1.59. The van der Waals surface area contributed by atoms with Crippen LogP contribution in [0.15, 0.2) is 23.9 Å². The minimum atomic E-state index is -4.24. The first-order valence-electron chi connectivity index (χ1n) is 4.09. The maximum Gasteiger partial charge on any atom is 0.417 e. The van der Waals surface area contributed by atoms with E-state index in [1.54, 1.807) is 18.0 Å². The molecule has 1 aliphatic rings. The summed E-state index contributed by atoms with van der Waals surface area (Å²) in [6, 6.07) is 0.121. The Morgan fingerprint density at radius 2 is 2.08 bits per heavy atom. The third kappa shape index (κ3) is 2.50. The number of nitrogens with zero attached hydrogens (tertiary/aromatic N) is 1. The Balaban J connectivity index is 2.90. The Hall–Kier alpha value is -0.930. The van der Waals surface area contributed by atoms with Gasteiger partial charge in [0.15, 0.2) is 0 Å². The average Bonchev–Trinajstić information content (AvgIpc) is 2.13. The number of halogens is 3. The van der Waals surface area contributed by atoms with Gasteiger partial charge in [-0.3, -0.25) is 0 Å². The molecule has 0 bridgehead atoms. The monoisotopic (exact) mass is 191 g/mol. The zero-order valence-electron chi connectivity index (χ0n) is 7.60. The van der Waals surface area contributed by atoms with E-state index in [0.717, 1.165) is 12.3 Å². The third-order valence-electron chi connectivity index (χ3n) is 2.14. The highest BCUT2D eigenvalue weighted by Crippen LogP contribution is 2.28. The lowest BCUT2D eigenvalue weighted by Crippen LogP contribution is -2.23. The first kappa shape index (κ1) is 10.2. The quantitative estimate of drug-likeness (QED) is 0.569. The second-order valence-corrected chi connectivity index (χ2v) is 3.23. The fourth-order valence-corrected chi connectivity index (χ4v) is 1.12. The molecule has 0 N–H and O–H groups in total. The van der Waals surface area contributed by atoms with E-state index in [4.69, 9.17) is 0 Å². The smallest absolute Gasteiger partial charge is 0.377 e.